The van der Waals surface area contributed by atoms with E-state index in [0.717, 1.165) is 23.2 Å². The summed E-state index contributed by atoms with van der Waals surface area (Å²) < 4.78 is 28.0. The van der Waals surface area contributed by atoms with Crippen LogP contribution < -0.4 is 14.9 Å². The zero-order valence-electron chi connectivity index (χ0n) is 19.0. The minimum absolute atomic E-state index is 0.0673. The van der Waals surface area contributed by atoms with Gasteiger partial charge >= 0.3 is 0 Å². The summed E-state index contributed by atoms with van der Waals surface area (Å²) in [4.78, 5) is 26.2. The third kappa shape index (κ3) is 5.75. The Hall–Kier alpha value is -2.71. The Morgan fingerprint density at radius 3 is 2.34 bits per heavy atom. The van der Waals surface area contributed by atoms with Gasteiger partial charge in [0.2, 0.25) is 21.8 Å². The van der Waals surface area contributed by atoms with Crippen molar-refractivity contribution >= 4 is 33.2 Å². The van der Waals surface area contributed by atoms with Crippen molar-refractivity contribution in [2.75, 3.05) is 16.8 Å². The molecule has 0 saturated carbocycles. The highest BCUT2D eigenvalue weighted by molar-refractivity contribution is 7.89. The van der Waals surface area contributed by atoms with Crippen molar-refractivity contribution in [2.45, 2.75) is 52.0 Å². The third-order valence-electron chi connectivity index (χ3n) is 5.31. The van der Waals surface area contributed by atoms with Gasteiger partial charge in [0.15, 0.2) is 0 Å². The highest BCUT2D eigenvalue weighted by Crippen LogP contribution is 2.30. The Balaban J connectivity index is 1.63. The van der Waals surface area contributed by atoms with Crippen LogP contribution in [0.3, 0.4) is 0 Å². The summed E-state index contributed by atoms with van der Waals surface area (Å²) in [6.07, 6.45) is 1.17. The minimum atomic E-state index is -3.70. The van der Waals surface area contributed by atoms with Gasteiger partial charge in [-0.25, -0.2) is 13.1 Å². The van der Waals surface area contributed by atoms with E-state index in [1.165, 1.54) is 12.1 Å². The summed E-state index contributed by atoms with van der Waals surface area (Å²) in [5.41, 5.74) is 3.36. The molecule has 0 radical (unpaired) electrons. The molecule has 3 rings (SSSR count). The number of amides is 2. The molecule has 0 bridgehead atoms. The molecular formula is C24H31N3O4S. The van der Waals surface area contributed by atoms with E-state index in [2.05, 4.69) is 10.0 Å². The molecule has 0 saturated heterocycles. The van der Waals surface area contributed by atoms with E-state index >= 15 is 0 Å². The van der Waals surface area contributed by atoms with Crippen molar-refractivity contribution < 1.29 is 18.0 Å². The monoisotopic (exact) mass is 457 g/mol. The molecule has 0 atom stereocenters. The van der Waals surface area contributed by atoms with Gasteiger partial charge in [-0.1, -0.05) is 39.8 Å². The van der Waals surface area contributed by atoms with Crippen LogP contribution in [0.4, 0.5) is 11.4 Å². The van der Waals surface area contributed by atoms with E-state index in [-0.39, 0.29) is 35.1 Å². The maximum atomic E-state index is 12.7. The normalized spacial score (nSPS) is 13.5. The van der Waals surface area contributed by atoms with E-state index in [1.807, 2.05) is 45.9 Å². The van der Waals surface area contributed by atoms with Crippen LogP contribution in [0, 0.1) is 11.8 Å². The lowest BCUT2D eigenvalue weighted by Gasteiger charge is -2.19. The summed E-state index contributed by atoms with van der Waals surface area (Å²) in [6, 6.07) is 11.8. The molecule has 32 heavy (non-hydrogen) atoms. The van der Waals surface area contributed by atoms with Gasteiger partial charge in [0.1, 0.15) is 0 Å². The maximum Gasteiger partial charge on any atom is 0.240 e. The van der Waals surface area contributed by atoms with Crippen LogP contribution in [-0.2, 0) is 32.6 Å². The minimum Gasteiger partial charge on any atom is -0.326 e. The standard InChI is InChI=1S/C24H31N3O4S/c1-16(2)13-23(28)26-20-6-8-21(9-7-20)32(30,31)25-15-18-5-10-22-19(14-18)11-12-27(22)24(29)17(3)4/h5-10,14,16-17,25H,11-13,15H2,1-4H3,(H,26,28). The zero-order chi connectivity index (χ0) is 23.5. The lowest BCUT2D eigenvalue weighted by molar-refractivity contribution is -0.121. The van der Waals surface area contributed by atoms with Crippen LogP contribution >= 0.6 is 0 Å². The topological polar surface area (TPSA) is 95.6 Å². The van der Waals surface area contributed by atoms with E-state index in [4.69, 9.17) is 0 Å². The zero-order valence-corrected chi connectivity index (χ0v) is 19.8. The van der Waals surface area contributed by atoms with Gasteiger partial charge in [-0.05, 0) is 53.8 Å². The molecule has 2 aromatic carbocycles. The molecule has 8 heteroatoms. The first-order chi connectivity index (χ1) is 15.1. The SMILES string of the molecule is CC(C)CC(=O)Nc1ccc(S(=O)(=O)NCc2ccc3c(c2)CCN3C(=O)C(C)C)cc1. The highest BCUT2D eigenvalue weighted by Gasteiger charge is 2.26. The molecule has 0 unspecified atom stereocenters. The number of nitrogens with zero attached hydrogens (tertiary/aromatic N) is 1. The van der Waals surface area contributed by atoms with Crippen molar-refractivity contribution in [1.82, 2.24) is 4.72 Å². The summed E-state index contributed by atoms with van der Waals surface area (Å²) in [5.74, 6) is 0.180. The molecule has 1 aliphatic heterocycles. The second-order valence-electron chi connectivity index (χ2n) is 8.85. The average molecular weight is 458 g/mol. The van der Waals surface area contributed by atoms with Crippen molar-refractivity contribution in [1.29, 1.82) is 0 Å². The molecule has 1 aliphatic rings. The molecule has 1 heterocycles. The fraction of sp³-hybridized carbons (Fsp3) is 0.417. The molecule has 0 aliphatic carbocycles. The van der Waals surface area contributed by atoms with Crippen LogP contribution in [0.25, 0.3) is 0 Å². The number of anilines is 2. The lowest BCUT2D eigenvalue weighted by Crippen LogP contribution is -2.32. The summed E-state index contributed by atoms with van der Waals surface area (Å²) in [5, 5.41) is 2.77. The van der Waals surface area contributed by atoms with Crippen LogP contribution in [-0.4, -0.2) is 26.8 Å². The Morgan fingerprint density at radius 2 is 1.72 bits per heavy atom. The maximum absolute atomic E-state index is 12.7. The predicted molar refractivity (Wildman–Crippen MR) is 126 cm³/mol. The molecule has 2 N–H and O–H groups in total. The van der Waals surface area contributed by atoms with Gasteiger partial charge in [0.25, 0.3) is 0 Å². The number of nitrogens with one attached hydrogen (secondary N) is 2. The van der Waals surface area contributed by atoms with E-state index in [1.54, 1.807) is 17.0 Å². The largest absolute Gasteiger partial charge is 0.326 e. The number of carbonyl (C=O) groups is 2. The van der Waals surface area contributed by atoms with Gasteiger partial charge in [0.05, 0.1) is 4.90 Å². The molecule has 0 aromatic heterocycles. The van der Waals surface area contributed by atoms with Gasteiger partial charge in [-0.3, -0.25) is 9.59 Å². The number of carbonyl (C=O) groups excluding carboxylic acids is 2. The fourth-order valence-corrected chi connectivity index (χ4v) is 4.69. The molecule has 172 valence electrons. The summed E-state index contributed by atoms with van der Waals surface area (Å²) >= 11 is 0. The molecule has 7 nitrogen and oxygen atoms in total. The number of benzene rings is 2. The fourth-order valence-electron chi connectivity index (χ4n) is 3.67. The highest BCUT2D eigenvalue weighted by atomic mass is 32.2. The Morgan fingerprint density at radius 1 is 1.03 bits per heavy atom. The van der Waals surface area contributed by atoms with Crippen molar-refractivity contribution in [3.8, 4) is 0 Å². The van der Waals surface area contributed by atoms with E-state index < -0.39 is 10.0 Å². The van der Waals surface area contributed by atoms with Crippen molar-refractivity contribution in [3.05, 3.63) is 53.6 Å². The first kappa shape index (κ1) is 23.9. The summed E-state index contributed by atoms with van der Waals surface area (Å²) in [6.45, 7) is 8.50. The second-order valence-corrected chi connectivity index (χ2v) is 10.6. The third-order valence-corrected chi connectivity index (χ3v) is 6.72. The lowest BCUT2D eigenvalue weighted by atomic mass is 10.1. The van der Waals surface area contributed by atoms with Crippen LogP contribution in [0.5, 0.6) is 0 Å². The first-order valence-corrected chi connectivity index (χ1v) is 12.4. The molecule has 0 fully saturated rings. The van der Waals surface area contributed by atoms with Crippen LogP contribution in [0.2, 0.25) is 0 Å². The molecule has 0 spiro atoms. The van der Waals surface area contributed by atoms with E-state index in [9.17, 15) is 18.0 Å². The smallest absolute Gasteiger partial charge is 0.240 e. The number of hydrogen-bond acceptors (Lipinski definition) is 4. The van der Waals surface area contributed by atoms with Crippen LogP contribution in [0.1, 0.15) is 45.2 Å². The molecule has 2 aromatic rings. The Labute approximate surface area is 190 Å². The van der Waals surface area contributed by atoms with Crippen molar-refractivity contribution in [3.63, 3.8) is 0 Å². The van der Waals surface area contributed by atoms with Gasteiger partial charge in [-0.15, -0.1) is 0 Å². The summed E-state index contributed by atoms with van der Waals surface area (Å²) in [7, 11) is -3.70. The number of rotatable bonds is 8. The average Bonchev–Trinajstić information content (AvgIpc) is 3.14. The quantitative estimate of drug-likeness (QED) is 0.632. The van der Waals surface area contributed by atoms with Gasteiger partial charge in [0, 0.05) is 36.8 Å². The van der Waals surface area contributed by atoms with Crippen molar-refractivity contribution in [2.24, 2.45) is 11.8 Å². The first-order valence-electron chi connectivity index (χ1n) is 10.9. The van der Waals surface area contributed by atoms with Crippen LogP contribution in [0.15, 0.2) is 47.4 Å². The van der Waals surface area contributed by atoms with E-state index in [0.29, 0.717) is 18.7 Å². The predicted octanol–water partition coefficient (Wildman–Crippen LogP) is 3.69. The number of sulfonamides is 1. The van der Waals surface area contributed by atoms with Gasteiger partial charge in [-0.2, -0.15) is 0 Å². The Bertz CT molecular complexity index is 1090. The number of hydrogen-bond donors (Lipinski definition) is 2. The van der Waals surface area contributed by atoms with Gasteiger partial charge < -0.3 is 10.2 Å². The number of fused-ring (bicyclic) bond motifs is 1. The molecule has 2 amide bonds. The second kappa shape index (κ2) is 9.83. The molecular weight excluding hydrogens is 426 g/mol. The Kier molecular flexibility index (Phi) is 7.36.